The molecule has 0 aliphatic heterocycles. The van der Waals surface area contributed by atoms with E-state index in [9.17, 15) is 5.11 Å². The molecule has 0 amide bonds. The second-order valence-electron chi connectivity index (χ2n) is 6.47. The second-order valence-corrected chi connectivity index (χ2v) is 7.98. The van der Waals surface area contributed by atoms with Gasteiger partial charge in [-0.3, -0.25) is 4.99 Å². The van der Waals surface area contributed by atoms with Gasteiger partial charge in [-0.25, -0.2) is 0 Å². The smallest absolute Gasteiger partial charge is 0.191 e. The average molecular weight is 545 g/mol. The Morgan fingerprint density at radius 1 is 1.10 bits per heavy atom. The summed E-state index contributed by atoms with van der Waals surface area (Å²) < 4.78 is 10.6. The molecular formula is C22H32IN3O3S. The number of hydrogen-bond donors (Lipinski definition) is 3. The van der Waals surface area contributed by atoms with Crippen LogP contribution in [0.3, 0.4) is 0 Å². The van der Waals surface area contributed by atoms with Crippen molar-refractivity contribution in [3.05, 3.63) is 54.1 Å². The van der Waals surface area contributed by atoms with E-state index >= 15 is 0 Å². The zero-order valence-electron chi connectivity index (χ0n) is 17.9. The highest BCUT2D eigenvalue weighted by atomic mass is 127. The Morgan fingerprint density at radius 3 is 2.47 bits per heavy atom. The third kappa shape index (κ3) is 8.61. The fourth-order valence-electron chi connectivity index (χ4n) is 2.73. The first-order valence-electron chi connectivity index (χ1n) is 9.71. The van der Waals surface area contributed by atoms with Crippen LogP contribution < -0.4 is 20.1 Å². The summed E-state index contributed by atoms with van der Waals surface area (Å²) in [4.78, 5) is 5.78. The first-order valence-corrected chi connectivity index (χ1v) is 10.6. The lowest BCUT2D eigenvalue weighted by atomic mass is 10.1. The molecule has 8 heteroatoms. The van der Waals surface area contributed by atoms with E-state index in [0.29, 0.717) is 28.3 Å². The molecule has 166 valence electrons. The summed E-state index contributed by atoms with van der Waals surface area (Å²) in [5.41, 5.74) is 0.652. The van der Waals surface area contributed by atoms with E-state index in [1.165, 1.54) is 4.90 Å². The van der Waals surface area contributed by atoms with Crippen LogP contribution in [-0.4, -0.2) is 50.2 Å². The number of aliphatic hydroxyl groups excluding tert-OH is 1. The number of aliphatic imine (C=N–C) groups is 1. The Kier molecular flexibility index (Phi) is 12.6. The first kappa shape index (κ1) is 26.4. The van der Waals surface area contributed by atoms with E-state index in [4.69, 9.17) is 9.47 Å². The maximum atomic E-state index is 10.6. The van der Waals surface area contributed by atoms with Crippen LogP contribution in [0.4, 0.5) is 0 Å². The van der Waals surface area contributed by atoms with Crippen molar-refractivity contribution in [1.29, 1.82) is 0 Å². The van der Waals surface area contributed by atoms with Crippen LogP contribution in [0.15, 0.2) is 58.4 Å². The van der Waals surface area contributed by atoms with Crippen molar-refractivity contribution in [2.45, 2.75) is 30.1 Å². The third-order valence-corrected chi connectivity index (χ3v) is 5.31. The number of halogens is 1. The fourth-order valence-corrected chi connectivity index (χ4v) is 3.68. The van der Waals surface area contributed by atoms with Crippen molar-refractivity contribution in [1.82, 2.24) is 10.6 Å². The Balaban J connectivity index is 0.00000450. The molecule has 0 heterocycles. The van der Waals surface area contributed by atoms with Gasteiger partial charge in [0.15, 0.2) is 5.96 Å². The summed E-state index contributed by atoms with van der Waals surface area (Å²) >= 11 is 1.81. The van der Waals surface area contributed by atoms with E-state index in [2.05, 4.69) is 34.7 Å². The quantitative estimate of drug-likeness (QED) is 0.181. The molecule has 6 nitrogen and oxygen atoms in total. The minimum Gasteiger partial charge on any atom is -0.497 e. The number of rotatable bonds is 10. The van der Waals surface area contributed by atoms with Gasteiger partial charge in [-0.2, -0.15) is 0 Å². The largest absolute Gasteiger partial charge is 0.497 e. The molecule has 0 aromatic heterocycles. The van der Waals surface area contributed by atoms with Crippen molar-refractivity contribution in [3.63, 3.8) is 0 Å². The molecule has 2 atom stereocenters. The van der Waals surface area contributed by atoms with Crippen molar-refractivity contribution < 1.29 is 14.6 Å². The van der Waals surface area contributed by atoms with Gasteiger partial charge in [-0.15, -0.1) is 35.7 Å². The van der Waals surface area contributed by atoms with E-state index < -0.39 is 6.10 Å². The van der Waals surface area contributed by atoms with Crippen LogP contribution in [0.2, 0.25) is 0 Å². The number of ether oxygens (including phenoxy) is 2. The van der Waals surface area contributed by atoms with E-state index in [1.807, 2.05) is 36.9 Å². The van der Waals surface area contributed by atoms with Gasteiger partial charge in [0, 0.05) is 28.8 Å². The molecule has 0 radical (unpaired) electrons. The number of methoxy groups -OCH3 is 2. The lowest BCUT2D eigenvalue weighted by Gasteiger charge is -2.17. The van der Waals surface area contributed by atoms with Crippen LogP contribution in [-0.2, 0) is 0 Å². The summed E-state index contributed by atoms with van der Waals surface area (Å²) in [5.74, 6) is 1.95. The molecule has 3 N–H and O–H groups in total. The van der Waals surface area contributed by atoms with E-state index in [0.717, 1.165) is 13.1 Å². The number of thioether (sulfide) groups is 1. The zero-order chi connectivity index (χ0) is 21.1. The molecule has 0 saturated heterocycles. The summed E-state index contributed by atoms with van der Waals surface area (Å²) in [5, 5.41) is 17.6. The second kappa shape index (κ2) is 14.4. The maximum Gasteiger partial charge on any atom is 0.191 e. The molecule has 0 aliphatic carbocycles. The molecule has 30 heavy (non-hydrogen) atoms. The number of nitrogens with one attached hydrogen (secondary N) is 2. The highest BCUT2D eigenvalue weighted by Crippen LogP contribution is 2.29. The Morgan fingerprint density at radius 2 is 1.83 bits per heavy atom. The highest BCUT2D eigenvalue weighted by Gasteiger charge is 2.15. The number of benzene rings is 2. The SMILES string of the molecule is CCNC(=NCC(O)c1cc(OC)ccc1OC)NCC(C)Sc1ccccc1.I. The molecular weight excluding hydrogens is 513 g/mol. The molecule has 2 rings (SSSR count). The van der Waals surface area contributed by atoms with Crippen LogP contribution in [0.25, 0.3) is 0 Å². The summed E-state index contributed by atoms with van der Waals surface area (Å²) in [7, 11) is 3.18. The molecule has 2 aromatic rings. The summed E-state index contributed by atoms with van der Waals surface area (Å²) in [6.07, 6.45) is -0.799. The minimum absolute atomic E-state index is 0. The average Bonchev–Trinajstić information content (AvgIpc) is 2.75. The number of aliphatic hydroxyl groups is 1. The summed E-state index contributed by atoms with van der Waals surface area (Å²) in [6, 6.07) is 15.7. The van der Waals surface area contributed by atoms with Crippen molar-refractivity contribution in [2.24, 2.45) is 4.99 Å². The number of nitrogens with zero attached hydrogens (tertiary/aromatic N) is 1. The molecule has 0 aliphatic rings. The standard InChI is InChI=1S/C22H31N3O3S.HI/c1-5-23-22(24-14-16(2)29-18-9-7-6-8-10-18)25-15-20(26)19-13-17(27-3)11-12-21(19)28-4;/h6-13,16,20,26H,5,14-15H2,1-4H3,(H2,23,24,25);1H. The molecule has 0 fully saturated rings. The monoisotopic (exact) mass is 545 g/mol. The zero-order valence-corrected chi connectivity index (χ0v) is 21.1. The normalized spacial score (nSPS) is 13.0. The van der Waals surface area contributed by atoms with Gasteiger partial charge in [0.25, 0.3) is 0 Å². The topological polar surface area (TPSA) is 75.1 Å². The van der Waals surface area contributed by atoms with Gasteiger partial charge in [-0.05, 0) is 37.3 Å². The van der Waals surface area contributed by atoms with Gasteiger partial charge in [0.2, 0.25) is 0 Å². The van der Waals surface area contributed by atoms with Gasteiger partial charge in [0.1, 0.15) is 17.6 Å². The predicted molar refractivity (Wildman–Crippen MR) is 136 cm³/mol. The van der Waals surface area contributed by atoms with Gasteiger partial charge in [-0.1, -0.05) is 25.1 Å². The van der Waals surface area contributed by atoms with Crippen molar-refractivity contribution in [3.8, 4) is 11.5 Å². The molecule has 2 unspecified atom stereocenters. The lowest BCUT2D eigenvalue weighted by Crippen LogP contribution is -2.40. The highest BCUT2D eigenvalue weighted by molar-refractivity contribution is 14.0. The van der Waals surface area contributed by atoms with Crippen LogP contribution in [0.5, 0.6) is 11.5 Å². The van der Waals surface area contributed by atoms with E-state index in [1.54, 1.807) is 32.4 Å². The summed E-state index contributed by atoms with van der Waals surface area (Å²) in [6.45, 7) is 5.89. The number of guanidine groups is 1. The first-order chi connectivity index (χ1) is 14.1. The maximum absolute atomic E-state index is 10.6. The minimum atomic E-state index is -0.799. The molecule has 0 spiro atoms. The lowest BCUT2D eigenvalue weighted by molar-refractivity contribution is 0.182. The Bertz CT molecular complexity index is 777. The van der Waals surface area contributed by atoms with Crippen molar-refractivity contribution >= 4 is 41.7 Å². The molecule has 0 bridgehead atoms. The van der Waals surface area contributed by atoms with Crippen LogP contribution in [0, 0.1) is 0 Å². The van der Waals surface area contributed by atoms with Gasteiger partial charge >= 0.3 is 0 Å². The molecule has 0 saturated carbocycles. The van der Waals surface area contributed by atoms with Gasteiger partial charge < -0.3 is 25.2 Å². The molecule has 2 aromatic carbocycles. The third-order valence-electron chi connectivity index (χ3n) is 4.20. The Hall–Kier alpha value is -1.65. The van der Waals surface area contributed by atoms with Gasteiger partial charge in [0.05, 0.1) is 20.8 Å². The van der Waals surface area contributed by atoms with Crippen molar-refractivity contribution in [2.75, 3.05) is 33.9 Å². The van der Waals surface area contributed by atoms with Crippen LogP contribution >= 0.6 is 35.7 Å². The Labute approximate surface area is 200 Å². The predicted octanol–water partition coefficient (Wildman–Crippen LogP) is 4.09. The fraction of sp³-hybridized carbons (Fsp3) is 0.409. The van der Waals surface area contributed by atoms with Crippen LogP contribution in [0.1, 0.15) is 25.5 Å². The van der Waals surface area contributed by atoms with E-state index in [-0.39, 0.29) is 30.5 Å². The number of hydrogen-bond acceptors (Lipinski definition) is 5.